The van der Waals surface area contributed by atoms with E-state index in [1.54, 1.807) is 65.8 Å². The number of hydrogen-bond acceptors (Lipinski definition) is 9. The normalized spacial score (nSPS) is 11.8. The van der Waals surface area contributed by atoms with Gasteiger partial charge in [0.1, 0.15) is 28.9 Å². The molecule has 0 aliphatic carbocycles. The topological polar surface area (TPSA) is 157 Å². The highest BCUT2D eigenvalue weighted by Gasteiger charge is 2.26. The first-order valence-electron chi connectivity index (χ1n) is 22.2. The number of thioether (sulfide) groups is 2. The van der Waals surface area contributed by atoms with Gasteiger partial charge >= 0.3 is 18.2 Å². The molecule has 364 valence electrons. The minimum absolute atomic E-state index is 0.00779. The van der Waals surface area contributed by atoms with Crippen LogP contribution >= 0.6 is 23.5 Å². The molecule has 0 radical (unpaired) electrons. The summed E-state index contributed by atoms with van der Waals surface area (Å²) in [5.41, 5.74) is 9.23. The van der Waals surface area contributed by atoms with Crippen molar-refractivity contribution in [2.75, 3.05) is 5.73 Å². The smallest absolute Gasteiger partial charge is 0.408 e. The van der Waals surface area contributed by atoms with Crippen molar-refractivity contribution in [2.24, 2.45) is 0 Å². The number of amides is 2. The zero-order valence-corrected chi connectivity index (χ0v) is 41.4. The summed E-state index contributed by atoms with van der Waals surface area (Å²) in [6.45, 7) is 10.5. The van der Waals surface area contributed by atoms with Crippen LogP contribution in [0.4, 0.5) is 24.1 Å². The van der Waals surface area contributed by atoms with Crippen molar-refractivity contribution in [3.05, 3.63) is 197 Å². The molecule has 5 N–H and O–H groups in total. The number of benzene rings is 6. The molecule has 0 heterocycles. The Morgan fingerprint density at radius 2 is 0.913 bits per heavy atom. The van der Waals surface area contributed by atoms with Crippen LogP contribution in [0.5, 0.6) is 0 Å². The molecule has 0 saturated heterocycles. The van der Waals surface area contributed by atoms with Gasteiger partial charge in [0.15, 0.2) is 5.78 Å². The number of rotatable bonds is 16. The van der Waals surface area contributed by atoms with Gasteiger partial charge in [-0.15, -0.1) is 23.5 Å². The van der Waals surface area contributed by atoms with E-state index < -0.39 is 41.4 Å². The van der Waals surface area contributed by atoms with Crippen LogP contribution in [-0.2, 0) is 49.8 Å². The van der Waals surface area contributed by atoms with E-state index >= 15 is 0 Å². The predicted octanol–water partition coefficient (Wildman–Crippen LogP) is 12.3. The number of carbonyl (C=O) groups excluding carboxylic acids is 3. The fourth-order valence-electron chi connectivity index (χ4n) is 6.25. The number of halogens is 2. The van der Waals surface area contributed by atoms with E-state index in [0.29, 0.717) is 33.2 Å². The third-order valence-electron chi connectivity index (χ3n) is 9.44. The number of nitrogens with two attached hydrogens (primary N) is 1. The number of alkyl carbamates (subject to hydrolysis) is 2. The highest BCUT2D eigenvalue weighted by atomic mass is 32.2. The lowest BCUT2D eigenvalue weighted by atomic mass is 9.98. The van der Waals surface area contributed by atoms with Crippen molar-refractivity contribution in [2.45, 2.75) is 105 Å². The molecule has 0 aliphatic rings. The maximum atomic E-state index is 14.7. The van der Waals surface area contributed by atoms with Gasteiger partial charge in [-0.2, -0.15) is 0 Å². The molecule has 0 aromatic heterocycles. The molecule has 6 aromatic carbocycles. The summed E-state index contributed by atoms with van der Waals surface area (Å²) in [6.07, 6.45) is -0.827. The first kappa shape index (κ1) is 55.0. The maximum Gasteiger partial charge on any atom is 0.408 e. The highest BCUT2D eigenvalue weighted by Crippen LogP contribution is 2.28. The highest BCUT2D eigenvalue weighted by molar-refractivity contribution is 7.98. The summed E-state index contributed by atoms with van der Waals surface area (Å²) in [5, 5.41) is 14.2. The Morgan fingerprint density at radius 1 is 0.536 bits per heavy atom. The van der Waals surface area contributed by atoms with Gasteiger partial charge in [-0.3, -0.25) is 4.79 Å². The number of ketones is 1. The molecule has 0 unspecified atom stereocenters. The number of anilines is 1. The standard InChI is InChI=1S/C28H30FNO3S.C14H19NO4.C13H12FNS/c1-28(2,3)33-27(32)30-24(17-20-10-6-4-7-11-20)25(31)18-22-14-15-26(23(29)16-22)34-19-21-12-8-5-9-13-21;1-14(2,3)19-13(18)15-11(12(16)17)9-10-7-5-4-6-8-10;14-12-8-11(15)6-7-13(12)16-9-10-4-2-1-3-5-10/h4-16,24H,17-19H2,1-3H3,(H,30,32);4-8,11H,9H2,1-3H3,(H,15,18)(H,16,17);1-8H,9,15H2/t24-;11-;/m00./s1. The van der Waals surface area contributed by atoms with Crippen molar-refractivity contribution in [1.29, 1.82) is 0 Å². The number of aliphatic carboxylic acids is 1. The number of ether oxygens (including phenoxy) is 2. The molecular weight excluding hydrogens is 917 g/mol. The Balaban J connectivity index is 0.000000249. The lowest BCUT2D eigenvalue weighted by Gasteiger charge is -2.23. The number of hydrogen-bond donors (Lipinski definition) is 4. The lowest BCUT2D eigenvalue weighted by molar-refractivity contribution is -0.139. The van der Waals surface area contributed by atoms with Crippen molar-refractivity contribution < 1.29 is 42.5 Å². The third kappa shape index (κ3) is 21.9. The number of nitrogen functional groups attached to an aromatic ring is 1. The van der Waals surface area contributed by atoms with E-state index in [0.717, 1.165) is 22.4 Å². The molecule has 69 heavy (non-hydrogen) atoms. The molecule has 0 saturated carbocycles. The van der Waals surface area contributed by atoms with E-state index in [1.165, 1.54) is 41.2 Å². The van der Waals surface area contributed by atoms with Crippen LogP contribution in [0.15, 0.2) is 168 Å². The summed E-state index contributed by atoms with van der Waals surface area (Å²) in [6, 6.07) is 46.3. The quantitative estimate of drug-likeness (QED) is 0.0544. The van der Waals surface area contributed by atoms with Gasteiger partial charge in [-0.05, 0) is 106 Å². The SMILES string of the molecule is CC(C)(C)OC(=O)N[C@@H](Cc1ccccc1)C(=O)Cc1ccc(SCc2ccccc2)c(F)c1.CC(C)(C)OC(=O)N[C@@H](Cc1ccccc1)C(=O)O.Nc1ccc(SCc2ccccc2)c(F)c1. The van der Waals surface area contributed by atoms with Crippen molar-refractivity contribution >= 4 is 53.2 Å². The Labute approximate surface area is 412 Å². The van der Waals surface area contributed by atoms with E-state index in [1.807, 2.05) is 121 Å². The first-order chi connectivity index (χ1) is 32.7. The van der Waals surface area contributed by atoms with E-state index in [-0.39, 0.29) is 30.3 Å². The van der Waals surface area contributed by atoms with Crippen LogP contribution < -0.4 is 16.4 Å². The molecule has 6 aromatic rings. The van der Waals surface area contributed by atoms with E-state index in [9.17, 15) is 28.0 Å². The Morgan fingerprint density at radius 3 is 1.30 bits per heavy atom. The van der Waals surface area contributed by atoms with Gasteiger partial charge in [0.25, 0.3) is 0 Å². The van der Waals surface area contributed by atoms with Crippen LogP contribution in [-0.4, -0.2) is 52.3 Å². The zero-order chi connectivity index (χ0) is 50.4. The molecule has 0 bridgehead atoms. The summed E-state index contributed by atoms with van der Waals surface area (Å²) < 4.78 is 38.6. The minimum atomic E-state index is -1.09. The number of nitrogens with one attached hydrogen (secondary N) is 2. The van der Waals surface area contributed by atoms with Crippen molar-refractivity contribution in [1.82, 2.24) is 10.6 Å². The number of carbonyl (C=O) groups is 4. The summed E-state index contributed by atoms with van der Waals surface area (Å²) in [5.74, 6) is -0.475. The molecule has 2 amide bonds. The van der Waals surface area contributed by atoms with Crippen LogP contribution in [0.3, 0.4) is 0 Å². The van der Waals surface area contributed by atoms with Crippen LogP contribution in [0.25, 0.3) is 0 Å². The molecule has 10 nitrogen and oxygen atoms in total. The lowest BCUT2D eigenvalue weighted by Crippen LogP contribution is -2.45. The maximum absolute atomic E-state index is 14.7. The van der Waals surface area contributed by atoms with E-state index in [4.69, 9.17) is 20.3 Å². The number of carboxylic acid groups (broad SMARTS) is 1. The first-order valence-corrected chi connectivity index (χ1v) is 24.2. The van der Waals surface area contributed by atoms with Gasteiger partial charge in [-0.1, -0.05) is 127 Å². The Kier molecular flexibility index (Phi) is 21.8. The van der Waals surface area contributed by atoms with Crippen molar-refractivity contribution in [3.8, 4) is 0 Å². The van der Waals surface area contributed by atoms with Crippen LogP contribution in [0.1, 0.15) is 69.4 Å². The Bertz CT molecular complexity index is 2540. The average Bonchev–Trinajstić information content (AvgIpc) is 3.28. The summed E-state index contributed by atoms with van der Waals surface area (Å²) in [4.78, 5) is 49.4. The van der Waals surface area contributed by atoms with E-state index in [2.05, 4.69) is 10.6 Å². The van der Waals surface area contributed by atoms with Gasteiger partial charge in [0.05, 0.1) is 6.04 Å². The molecule has 0 fully saturated rings. The average molecular weight is 978 g/mol. The fourth-order valence-corrected chi connectivity index (χ4v) is 8.00. The number of Topliss-reactive ketones (excluding diaryl/α,β-unsaturated/α-hetero) is 1. The van der Waals surface area contributed by atoms with Gasteiger partial charge in [0, 0.05) is 39.8 Å². The summed E-state index contributed by atoms with van der Waals surface area (Å²) >= 11 is 2.89. The van der Waals surface area contributed by atoms with Crippen LogP contribution in [0, 0.1) is 11.6 Å². The van der Waals surface area contributed by atoms with Gasteiger partial charge in [0.2, 0.25) is 0 Å². The molecule has 0 aliphatic heterocycles. The Hall–Kier alpha value is -6.64. The fraction of sp³-hybridized carbons (Fsp3) is 0.273. The molecular formula is C55H61F2N3O7S2. The molecule has 14 heteroatoms. The van der Waals surface area contributed by atoms with Crippen LogP contribution in [0.2, 0.25) is 0 Å². The third-order valence-corrected chi connectivity index (χ3v) is 11.7. The second-order valence-corrected chi connectivity index (χ2v) is 19.8. The number of carboxylic acids is 1. The molecule has 2 atom stereocenters. The van der Waals surface area contributed by atoms with Gasteiger partial charge in [-0.25, -0.2) is 23.2 Å². The molecule has 6 rings (SSSR count). The molecule has 0 spiro atoms. The zero-order valence-electron chi connectivity index (χ0n) is 39.7. The monoisotopic (exact) mass is 977 g/mol. The second-order valence-electron chi connectivity index (χ2n) is 17.8. The van der Waals surface area contributed by atoms with Crippen molar-refractivity contribution in [3.63, 3.8) is 0 Å². The minimum Gasteiger partial charge on any atom is -0.480 e. The second kappa shape index (κ2) is 27.4. The predicted molar refractivity (Wildman–Crippen MR) is 272 cm³/mol. The largest absolute Gasteiger partial charge is 0.480 e. The summed E-state index contributed by atoms with van der Waals surface area (Å²) in [7, 11) is 0. The van der Waals surface area contributed by atoms with Gasteiger partial charge < -0.3 is 30.9 Å².